The Hall–Kier alpha value is -5.29. The molecule has 2 aromatic rings. The summed E-state index contributed by atoms with van der Waals surface area (Å²) in [6.45, 7) is 13.2. The number of aliphatic hydroxyl groups excluding tert-OH is 1. The quantitative estimate of drug-likeness (QED) is 0.0192. The smallest absolute Gasteiger partial charge is 0.303 e. The largest absolute Gasteiger partial charge is 0.506 e. The van der Waals surface area contributed by atoms with E-state index in [9.17, 15) is 43.5 Å². The van der Waals surface area contributed by atoms with Crippen LogP contribution in [0.4, 0.5) is 5.69 Å². The predicted octanol–water partition coefficient (Wildman–Crippen LogP) is 5.71. The van der Waals surface area contributed by atoms with Crippen LogP contribution in [-0.2, 0) is 49.5 Å². The number of aliphatic hydroxyl groups is 1. The molecule has 6 atom stereocenters. The third-order valence-corrected chi connectivity index (χ3v) is 15.0. The van der Waals surface area contributed by atoms with Crippen molar-refractivity contribution >= 4 is 80.1 Å². The fraction of sp³-hybridized carbons (Fsp3) is 0.648. The number of carbonyl (C=O) groups excluding carboxylic acids is 8. The van der Waals surface area contributed by atoms with Gasteiger partial charge in [-0.15, -0.1) is 11.3 Å². The summed E-state index contributed by atoms with van der Waals surface area (Å²) in [5.41, 5.74) is 1.05. The van der Waals surface area contributed by atoms with Crippen molar-refractivity contribution in [2.75, 3.05) is 65.4 Å². The number of esters is 1. The first-order valence-electron chi connectivity index (χ1n) is 26.6. The molecule has 0 saturated carbocycles. The number of likely N-dealkylation sites (N-methyl/N-ethyl adjacent to an activating group) is 1. The molecule has 76 heavy (non-hydrogen) atoms. The zero-order valence-corrected chi connectivity index (χ0v) is 48.1. The van der Waals surface area contributed by atoms with Gasteiger partial charge in [-0.25, -0.2) is 4.98 Å². The molecule has 3 rings (SSSR count). The van der Waals surface area contributed by atoms with Crippen molar-refractivity contribution in [3.63, 3.8) is 0 Å². The lowest BCUT2D eigenvalue weighted by Gasteiger charge is -2.37. The molecule has 22 heteroatoms. The van der Waals surface area contributed by atoms with Gasteiger partial charge in [0.05, 0.1) is 36.0 Å². The first-order chi connectivity index (χ1) is 36.2. The van der Waals surface area contributed by atoms with Crippen LogP contribution in [0.15, 0.2) is 34.1 Å². The summed E-state index contributed by atoms with van der Waals surface area (Å²) in [7, 11) is 3.72. The number of phenolic OH excluding ortho intramolecular Hbond substituents is 1. The Balaban J connectivity index is 1.57. The van der Waals surface area contributed by atoms with Gasteiger partial charge < -0.3 is 51.2 Å². The van der Waals surface area contributed by atoms with Gasteiger partial charge in [0, 0.05) is 88.7 Å². The number of amides is 6. The second-order valence-electron chi connectivity index (χ2n) is 19.8. The number of aromatic hydroxyl groups is 1. The van der Waals surface area contributed by atoms with Crippen molar-refractivity contribution in [3.8, 4) is 5.75 Å². The van der Waals surface area contributed by atoms with Crippen LogP contribution in [0.2, 0.25) is 0 Å². The molecular weight excluding hydrogens is 1060 g/mol. The van der Waals surface area contributed by atoms with E-state index in [-0.39, 0.29) is 134 Å². The molecular formula is C54H83BrN8O12S. The topological polar surface area (TPSA) is 275 Å². The van der Waals surface area contributed by atoms with Crippen LogP contribution < -0.4 is 26.6 Å². The lowest BCUT2D eigenvalue weighted by atomic mass is 9.83. The summed E-state index contributed by atoms with van der Waals surface area (Å²) in [5, 5.41) is 35.1. The first-order valence-corrected chi connectivity index (χ1v) is 28.3. The molecule has 1 aromatic heterocycles. The lowest BCUT2D eigenvalue weighted by molar-refractivity contribution is -0.149. The van der Waals surface area contributed by atoms with E-state index in [4.69, 9.17) is 14.6 Å². The highest BCUT2D eigenvalue weighted by Crippen LogP contribution is 2.33. The number of halogens is 1. The number of nitrogens with zero attached hydrogens (tertiary/aromatic N) is 3. The molecule has 0 bridgehead atoms. The van der Waals surface area contributed by atoms with Gasteiger partial charge in [0.15, 0.2) is 11.9 Å². The second-order valence-corrected chi connectivity index (χ2v) is 21.6. The molecule has 0 unspecified atom stereocenters. The number of phenols is 1. The molecule has 20 nitrogen and oxygen atoms in total. The normalized spacial score (nSPS) is 15.9. The van der Waals surface area contributed by atoms with Crippen molar-refractivity contribution in [1.82, 2.24) is 36.1 Å². The average Bonchev–Trinajstić information content (AvgIpc) is 3.88. The van der Waals surface area contributed by atoms with Gasteiger partial charge in [0.2, 0.25) is 23.6 Å². The number of Topliss-reactive ketones (excluding diaryl/α,β-unsaturated/α-hetero) is 1. The standard InChI is InChI=1S/C54H83BrN8O12S/c1-9-15-38(28-37-19-20-45(66)41(29-37)60-49(69)18-14-21-56-50(70)31-40(55)51(71)58-22-13-17-48(68)57-23-26-74-27-25-64)59-52(72)42-33-76-53(61-42)47(75-36(6)65)32-44(34(3)4)63(8)54(73)39(35(5)10-2)30-46(67)43-16-11-12-24-62(43)7/h19-20,29,31,33-35,38-39,43-44,47,64,66H,9-18,21-28,30,32H2,1-8H3,(H,56,70)(H,57,68)(H,58,71)(H,59,72)(H,60,69)/b40-31-/t35-,38+,39-,43+,44+,47+/m0/s1. The molecule has 0 radical (unpaired) electrons. The minimum absolute atomic E-state index is 0.00732. The van der Waals surface area contributed by atoms with E-state index < -0.39 is 41.6 Å². The van der Waals surface area contributed by atoms with Crippen molar-refractivity contribution < 1.29 is 58.0 Å². The van der Waals surface area contributed by atoms with Crippen LogP contribution in [-0.4, -0.2) is 150 Å². The predicted molar refractivity (Wildman–Crippen MR) is 294 cm³/mol. The monoisotopic (exact) mass is 1150 g/mol. The summed E-state index contributed by atoms with van der Waals surface area (Å²) in [6, 6.07) is 3.87. The zero-order valence-electron chi connectivity index (χ0n) is 45.7. The zero-order chi connectivity index (χ0) is 56.3. The number of benzene rings is 1. The molecule has 1 saturated heterocycles. The summed E-state index contributed by atoms with van der Waals surface area (Å²) in [5.74, 6) is -3.46. The Labute approximate surface area is 460 Å². The maximum Gasteiger partial charge on any atom is 0.303 e. The molecule has 6 amide bonds. The second kappa shape index (κ2) is 34.5. The van der Waals surface area contributed by atoms with Gasteiger partial charge >= 0.3 is 5.97 Å². The maximum absolute atomic E-state index is 14.4. The SMILES string of the molecule is CCC[C@H](Cc1ccc(O)c(NC(=O)CCCNC(=O)/C=C(\Br)C(=O)NCCCC(=O)NCCOCCO)c1)NC(=O)c1csc([C@@H](C[C@H](C(C)C)N(C)C(=O)[C@@H](CC(=O)[C@H]2CCCCN2C)[C@@H](C)CC)OC(C)=O)n1. The number of thiazole rings is 1. The number of ether oxygens (including phenoxy) is 2. The minimum atomic E-state index is -0.853. The third kappa shape index (κ3) is 22.7. The first kappa shape index (κ1) is 65.0. The summed E-state index contributed by atoms with van der Waals surface area (Å²) in [4.78, 5) is 112. The molecule has 0 aliphatic carbocycles. The van der Waals surface area contributed by atoms with Crippen LogP contribution in [0.3, 0.4) is 0 Å². The van der Waals surface area contributed by atoms with Crippen LogP contribution >= 0.6 is 27.3 Å². The van der Waals surface area contributed by atoms with Crippen molar-refractivity contribution in [2.24, 2.45) is 17.8 Å². The number of hydrogen-bond acceptors (Lipinski definition) is 15. The fourth-order valence-electron chi connectivity index (χ4n) is 9.00. The van der Waals surface area contributed by atoms with Crippen LogP contribution in [0, 0.1) is 17.8 Å². The Kier molecular flexibility index (Phi) is 29.5. The van der Waals surface area contributed by atoms with Crippen LogP contribution in [0.25, 0.3) is 0 Å². The fourth-order valence-corrected chi connectivity index (χ4v) is 10.2. The van der Waals surface area contributed by atoms with Crippen molar-refractivity contribution in [2.45, 2.75) is 149 Å². The molecule has 7 N–H and O–H groups in total. The maximum atomic E-state index is 14.4. The van der Waals surface area contributed by atoms with Crippen molar-refractivity contribution in [1.29, 1.82) is 0 Å². The number of nitrogens with one attached hydrogen (secondary N) is 5. The Morgan fingerprint density at radius 1 is 0.974 bits per heavy atom. The van der Waals surface area contributed by atoms with E-state index in [1.54, 1.807) is 29.5 Å². The van der Waals surface area contributed by atoms with Crippen LogP contribution in [0.1, 0.15) is 146 Å². The van der Waals surface area contributed by atoms with Gasteiger partial charge in [0.1, 0.15) is 16.5 Å². The molecule has 424 valence electrons. The third-order valence-electron chi connectivity index (χ3n) is 13.4. The number of aromatic nitrogens is 1. The number of piperidine rings is 1. The van der Waals surface area contributed by atoms with E-state index in [1.807, 2.05) is 41.7 Å². The number of rotatable bonds is 34. The molecule has 2 heterocycles. The number of ketones is 1. The van der Waals surface area contributed by atoms with E-state index in [0.29, 0.717) is 30.8 Å². The Morgan fingerprint density at radius 2 is 1.68 bits per heavy atom. The number of carbonyl (C=O) groups is 8. The van der Waals surface area contributed by atoms with E-state index in [2.05, 4.69) is 52.4 Å². The number of anilines is 1. The highest BCUT2D eigenvalue weighted by molar-refractivity contribution is 9.12. The highest BCUT2D eigenvalue weighted by atomic mass is 79.9. The minimum Gasteiger partial charge on any atom is -0.506 e. The molecule has 1 aliphatic heterocycles. The van der Waals surface area contributed by atoms with Gasteiger partial charge in [-0.2, -0.15) is 0 Å². The molecule has 0 spiro atoms. The summed E-state index contributed by atoms with van der Waals surface area (Å²) >= 11 is 4.28. The molecule has 1 aromatic carbocycles. The van der Waals surface area contributed by atoms with E-state index >= 15 is 0 Å². The highest BCUT2D eigenvalue weighted by Gasteiger charge is 2.38. The Morgan fingerprint density at radius 3 is 2.34 bits per heavy atom. The van der Waals surface area contributed by atoms with Crippen molar-refractivity contribution in [3.05, 3.63) is 50.4 Å². The van der Waals surface area contributed by atoms with Gasteiger partial charge in [-0.1, -0.05) is 59.9 Å². The average molecular weight is 1150 g/mol. The van der Waals surface area contributed by atoms with E-state index in [0.717, 1.165) is 50.3 Å². The van der Waals surface area contributed by atoms with Gasteiger partial charge in [-0.05, 0) is 97.6 Å². The summed E-state index contributed by atoms with van der Waals surface area (Å²) in [6.07, 6.45) is 6.68. The number of hydrogen-bond donors (Lipinski definition) is 7. The van der Waals surface area contributed by atoms with E-state index in [1.165, 1.54) is 24.3 Å². The lowest BCUT2D eigenvalue weighted by Crippen LogP contribution is -2.48. The number of likely N-dealkylation sites (tertiary alicyclic amines) is 1. The Bertz CT molecular complexity index is 2260. The summed E-state index contributed by atoms with van der Waals surface area (Å²) < 4.78 is 10.9. The van der Waals surface area contributed by atoms with Gasteiger partial charge in [-0.3, -0.25) is 43.3 Å². The van der Waals surface area contributed by atoms with Gasteiger partial charge in [0.25, 0.3) is 11.8 Å². The van der Waals surface area contributed by atoms with Crippen LogP contribution in [0.5, 0.6) is 5.75 Å². The molecule has 1 aliphatic rings. The molecule has 1 fully saturated rings.